The van der Waals surface area contributed by atoms with Crippen molar-refractivity contribution < 1.29 is 9.90 Å². The molecular weight excluding hydrogens is 188 g/mol. The van der Waals surface area contributed by atoms with E-state index >= 15 is 0 Å². The van der Waals surface area contributed by atoms with Crippen LogP contribution in [0.1, 0.15) is 37.3 Å². The van der Waals surface area contributed by atoms with E-state index in [-0.39, 0.29) is 12.0 Å². The van der Waals surface area contributed by atoms with Gasteiger partial charge in [0.15, 0.2) is 0 Å². The molecule has 82 valence electrons. The Hall–Kier alpha value is -1.15. The molecule has 0 amide bonds. The van der Waals surface area contributed by atoms with Crippen molar-refractivity contribution in [1.82, 2.24) is 0 Å². The van der Waals surface area contributed by atoms with E-state index in [1.54, 1.807) is 6.92 Å². The topological polar surface area (TPSA) is 37.3 Å². The molecular formula is C13H18O2. The van der Waals surface area contributed by atoms with Gasteiger partial charge in [-0.2, -0.15) is 0 Å². The first-order chi connectivity index (χ1) is 7.13. The molecule has 1 aromatic rings. The molecule has 0 fully saturated rings. The number of benzene rings is 1. The van der Waals surface area contributed by atoms with Gasteiger partial charge in [-0.1, -0.05) is 31.2 Å². The Morgan fingerprint density at radius 3 is 2.73 bits per heavy atom. The molecule has 15 heavy (non-hydrogen) atoms. The zero-order chi connectivity index (χ0) is 11.3. The maximum absolute atomic E-state index is 10.4. The van der Waals surface area contributed by atoms with Crippen LogP contribution in [0.3, 0.4) is 0 Å². The Labute approximate surface area is 90.9 Å². The Morgan fingerprint density at radius 1 is 1.40 bits per heavy atom. The van der Waals surface area contributed by atoms with Gasteiger partial charge in [-0.05, 0) is 30.4 Å². The molecule has 0 saturated heterocycles. The molecule has 0 aliphatic rings. The summed E-state index contributed by atoms with van der Waals surface area (Å²) >= 11 is 0. The fourth-order valence-electron chi connectivity index (χ4n) is 1.65. The molecule has 2 unspecified atom stereocenters. The van der Waals surface area contributed by atoms with Gasteiger partial charge >= 0.3 is 0 Å². The predicted octanol–water partition coefficient (Wildman–Crippen LogP) is 2.30. The van der Waals surface area contributed by atoms with E-state index in [0.717, 1.165) is 11.8 Å². The fourth-order valence-corrected chi connectivity index (χ4v) is 1.65. The standard InChI is InChI=1S/C13H18O2/c1-10(6-7-14)13-5-3-4-12(9-13)8-11(2)15/h3-5,7,9-11,15H,6,8H2,1-2H3. The van der Waals surface area contributed by atoms with Crippen molar-refractivity contribution in [3.8, 4) is 0 Å². The Morgan fingerprint density at radius 2 is 2.13 bits per heavy atom. The number of rotatable bonds is 5. The van der Waals surface area contributed by atoms with Crippen LogP contribution in [0.2, 0.25) is 0 Å². The summed E-state index contributed by atoms with van der Waals surface area (Å²) in [4.78, 5) is 10.4. The third kappa shape index (κ3) is 3.84. The molecule has 0 aliphatic heterocycles. The summed E-state index contributed by atoms with van der Waals surface area (Å²) in [7, 11) is 0. The van der Waals surface area contributed by atoms with E-state index in [2.05, 4.69) is 6.07 Å². The molecule has 1 aromatic carbocycles. The largest absolute Gasteiger partial charge is 0.393 e. The molecule has 1 N–H and O–H groups in total. The van der Waals surface area contributed by atoms with E-state index < -0.39 is 0 Å². The lowest BCUT2D eigenvalue weighted by Gasteiger charge is -2.11. The minimum absolute atomic E-state index is 0.261. The quantitative estimate of drug-likeness (QED) is 0.750. The maximum Gasteiger partial charge on any atom is 0.120 e. The van der Waals surface area contributed by atoms with Crippen LogP contribution in [0, 0.1) is 0 Å². The molecule has 0 heterocycles. The predicted molar refractivity (Wildman–Crippen MR) is 60.9 cm³/mol. The normalized spacial score (nSPS) is 14.6. The minimum Gasteiger partial charge on any atom is -0.393 e. The number of carbonyl (C=O) groups excluding carboxylic acids is 1. The highest BCUT2D eigenvalue weighted by Gasteiger charge is 2.06. The van der Waals surface area contributed by atoms with Crippen molar-refractivity contribution in [2.75, 3.05) is 0 Å². The SMILES string of the molecule is CC(O)Cc1cccc(C(C)CC=O)c1. The summed E-state index contributed by atoms with van der Waals surface area (Å²) < 4.78 is 0. The second-order valence-electron chi connectivity index (χ2n) is 4.10. The van der Waals surface area contributed by atoms with Crippen LogP contribution >= 0.6 is 0 Å². The molecule has 0 radical (unpaired) electrons. The Balaban J connectivity index is 2.77. The van der Waals surface area contributed by atoms with Crippen LogP contribution in [0.5, 0.6) is 0 Å². The number of aldehydes is 1. The van der Waals surface area contributed by atoms with Gasteiger partial charge in [0.05, 0.1) is 6.10 Å². The average molecular weight is 206 g/mol. The number of aliphatic hydroxyl groups is 1. The van der Waals surface area contributed by atoms with Gasteiger partial charge in [-0.15, -0.1) is 0 Å². The zero-order valence-corrected chi connectivity index (χ0v) is 9.31. The summed E-state index contributed by atoms with van der Waals surface area (Å²) in [5.74, 6) is 0.261. The summed E-state index contributed by atoms with van der Waals surface area (Å²) in [5.41, 5.74) is 2.29. The molecule has 2 heteroatoms. The lowest BCUT2D eigenvalue weighted by molar-refractivity contribution is -0.108. The van der Waals surface area contributed by atoms with Crippen molar-refractivity contribution in [1.29, 1.82) is 0 Å². The first-order valence-electron chi connectivity index (χ1n) is 5.34. The Bertz CT molecular complexity index is 318. The summed E-state index contributed by atoms with van der Waals surface area (Å²) in [6, 6.07) is 8.08. The van der Waals surface area contributed by atoms with Crippen LogP contribution in [0.25, 0.3) is 0 Å². The first kappa shape index (κ1) is 11.9. The van der Waals surface area contributed by atoms with Gasteiger partial charge in [0, 0.05) is 6.42 Å². The van der Waals surface area contributed by atoms with E-state index in [1.165, 1.54) is 5.56 Å². The van der Waals surface area contributed by atoms with E-state index in [9.17, 15) is 9.90 Å². The van der Waals surface area contributed by atoms with Gasteiger partial charge in [-0.3, -0.25) is 0 Å². The van der Waals surface area contributed by atoms with Crippen molar-refractivity contribution in [2.45, 2.75) is 38.7 Å². The number of aliphatic hydroxyl groups excluding tert-OH is 1. The van der Waals surface area contributed by atoms with Gasteiger partial charge in [0.1, 0.15) is 6.29 Å². The van der Waals surface area contributed by atoms with Crippen molar-refractivity contribution in [2.24, 2.45) is 0 Å². The second kappa shape index (κ2) is 5.66. The summed E-state index contributed by atoms with van der Waals surface area (Å²) in [6.07, 6.45) is 1.85. The molecule has 2 atom stereocenters. The zero-order valence-electron chi connectivity index (χ0n) is 9.31. The second-order valence-corrected chi connectivity index (χ2v) is 4.10. The summed E-state index contributed by atoms with van der Waals surface area (Å²) in [5, 5.41) is 9.28. The average Bonchev–Trinajstić information content (AvgIpc) is 2.17. The monoisotopic (exact) mass is 206 g/mol. The van der Waals surface area contributed by atoms with Crippen LogP contribution in [-0.2, 0) is 11.2 Å². The first-order valence-corrected chi connectivity index (χ1v) is 5.34. The molecule has 0 bridgehead atoms. The lowest BCUT2D eigenvalue weighted by Crippen LogP contribution is -2.05. The minimum atomic E-state index is -0.318. The molecule has 1 rings (SSSR count). The van der Waals surface area contributed by atoms with Gasteiger partial charge in [-0.25, -0.2) is 0 Å². The smallest absolute Gasteiger partial charge is 0.120 e. The third-order valence-corrected chi connectivity index (χ3v) is 2.50. The molecule has 0 spiro atoms. The molecule has 2 nitrogen and oxygen atoms in total. The summed E-state index contributed by atoms with van der Waals surface area (Å²) in [6.45, 7) is 3.82. The van der Waals surface area contributed by atoms with Crippen molar-refractivity contribution in [3.05, 3.63) is 35.4 Å². The Kier molecular flexibility index (Phi) is 4.50. The highest BCUT2D eigenvalue weighted by atomic mass is 16.3. The van der Waals surface area contributed by atoms with Crippen molar-refractivity contribution in [3.63, 3.8) is 0 Å². The van der Waals surface area contributed by atoms with Crippen molar-refractivity contribution >= 4 is 6.29 Å². The van der Waals surface area contributed by atoms with Crippen LogP contribution in [0.4, 0.5) is 0 Å². The van der Waals surface area contributed by atoms with Crippen LogP contribution < -0.4 is 0 Å². The molecule has 0 aliphatic carbocycles. The van der Waals surface area contributed by atoms with Crippen LogP contribution in [0.15, 0.2) is 24.3 Å². The highest BCUT2D eigenvalue weighted by molar-refractivity contribution is 5.51. The van der Waals surface area contributed by atoms with E-state index in [1.807, 2.05) is 25.1 Å². The van der Waals surface area contributed by atoms with Gasteiger partial charge < -0.3 is 9.90 Å². The van der Waals surface area contributed by atoms with Gasteiger partial charge in [0.25, 0.3) is 0 Å². The van der Waals surface area contributed by atoms with Gasteiger partial charge in [0.2, 0.25) is 0 Å². The number of hydrogen-bond acceptors (Lipinski definition) is 2. The molecule has 0 saturated carbocycles. The van der Waals surface area contributed by atoms with E-state index in [4.69, 9.17) is 0 Å². The van der Waals surface area contributed by atoms with Crippen LogP contribution in [-0.4, -0.2) is 17.5 Å². The molecule has 0 aromatic heterocycles. The third-order valence-electron chi connectivity index (χ3n) is 2.50. The maximum atomic E-state index is 10.4. The number of hydrogen-bond donors (Lipinski definition) is 1. The number of carbonyl (C=O) groups is 1. The van der Waals surface area contributed by atoms with E-state index in [0.29, 0.717) is 12.8 Å². The fraction of sp³-hybridized carbons (Fsp3) is 0.462. The highest BCUT2D eigenvalue weighted by Crippen LogP contribution is 2.19. The lowest BCUT2D eigenvalue weighted by atomic mass is 9.95.